The lowest BCUT2D eigenvalue weighted by Gasteiger charge is -2.25. The van der Waals surface area contributed by atoms with E-state index in [1.165, 1.54) is 10.4 Å². The third kappa shape index (κ3) is 2.84. The van der Waals surface area contributed by atoms with Gasteiger partial charge in [0.2, 0.25) is 0 Å². The van der Waals surface area contributed by atoms with Crippen LogP contribution in [0.5, 0.6) is 0 Å². The molecule has 3 unspecified atom stereocenters. The highest BCUT2D eigenvalue weighted by Crippen LogP contribution is 2.42. The monoisotopic (exact) mass is 417 g/mol. The number of aliphatic hydroxyl groups excluding tert-OH is 1. The summed E-state index contributed by atoms with van der Waals surface area (Å²) in [5.41, 5.74) is 6.47. The number of nitrogens with two attached hydrogens (primary N) is 1. The standard InChI is InChI=1S/C21H24FN3O3S/c1-9-15(14-7-11-6-10(8-23)2-5-13(11)29-14)17(22)19(26)16-18(9)25(12-3-4-12)21(28)24-20(16)27/h7,10,12,15,17,26H,2-6,8,23H2,1H3,(H,24,27,28). The van der Waals surface area contributed by atoms with Crippen LogP contribution in [0.2, 0.25) is 0 Å². The van der Waals surface area contributed by atoms with E-state index < -0.39 is 29.1 Å². The van der Waals surface area contributed by atoms with Gasteiger partial charge in [0.15, 0.2) is 6.17 Å². The van der Waals surface area contributed by atoms with Gasteiger partial charge in [-0.2, -0.15) is 0 Å². The van der Waals surface area contributed by atoms with E-state index in [4.69, 9.17) is 5.73 Å². The fraction of sp³-hybridized carbons (Fsp3) is 0.524. The molecule has 3 aliphatic rings. The number of hydrogen-bond acceptors (Lipinski definition) is 5. The molecule has 3 atom stereocenters. The third-order valence-corrected chi connectivity index (χ3v) is 7.87. The van der Waals surface area contributed by atoms with Gasteiger partial charge in [0.25, 0.3) is 5.56 Å². The minimum absolute atomic E-state index is 0.00508. The average molecular weight is 418 g/mol. The molecule has 0 saturated heterocycles. The highest BCUT2D eigenvalue weighted by Gasteiger charge is 2.38. The van der Waals surface area contributed by atoms with E-state index in [0.717, 1.165) is 37.0 Å². The molecule has 29 heavy (non-hydrogen) atoms. The van der Waals surface area contributed by atoms with Crippen LogP contribution in [0.25, 0.3) is 11.3 Å². The zero-order valence-electron chi connectivity index (χ0n) is 16.2. The molecule has 3 aliphatic carbocycles. The number of fused-ring (bicyclic) bond motifs is 2. The Labute approximate surface area is 170 Å². The smallest absolute Gasteiger partial charge is 0.329 e. The quantitative estimate of drug-likeness (QED) is 0.693. The largest absolute Gasteiger partial charge is 0.508 e. The fourth-order valence-electron chi connectivity index (χ4n) is 4.85. The number of nitrogens with zero attached hydrogens (tertiary/aromatic N) is 1. The van der Waals surface area contributed by atoms with Crippen LogP contribution < -0.4 is 27.6 Å². The van der Waals surface area contributed by atoms with Gasteiger partial charge in [-0.3, -0.25) is 14.3 Å². The lowest BCUT2D eigenvalue weighted by atomic mass is 9.85. The number of rotatable bonds is 3. The van der Waals surface area contributed by atoms with Gasteiger partial charge in [-0.15, -0.1) is 11.3 Å². The summed E-state index contributed by atoms with van der Waals surface area (Å²) >= 11 is 1.58. The number of aromatic amines is 1. The van der Waals surface area contributed by atoms with Crippen molar-refractivity contribution in [1.29, 1.82) is 0 Å². The maximum absolute atomic E-state index is 15.4. The maximum atomic E-state index is 15.4. The van der Waals surface area contributed by atoms with E-state index in [2.05, 4.69) is 4.98 Å². The number of aryl methyl sites for hydroxylation is 1. The van der Waals surface area contributed by atoms with Crippen LogP contribution in [0.15, 0.2) is 15.7 Å². The first-order valence-corrected chi connectivity index (χ1v) is 11.0. The molecule has 2 aromatic rings. The first-order chi connectivity index (χ1) is 13.9. The number of H-pyrrole nitrogens is 1. The molecule has 6 nitrogen and oxygen atoms in total. The molecular weight excluding hydrogens is 393 g/mol. The summed E-state index contributed by atoms with van der Waals surface area (Å²) in [7, 11) is 0. The minimum atomic E-state index is -1.71. The highest BCUT2D eigenvalue weighted by molar-refractivity contribution is 7.12. The Kier molecular flexibility index (Phi) is 4.33. The fourth-order valence-corrected chi connectivity index (χ4v) is 6.25. The molecule has 0 amide bonds. The molecule has 0 aliphatic heterocycles. The minimum Gasteiger partial charge on any atom is -0.508 e. The van der Waals surface area contributed by atoms with E-state index in [1.54, 1.807) is 22.8 Å². The van der Waals surface area contributed by atoms with Crippen LogP contribution in [-0.4, -0.2) is 27.4 Å². The molecular formula is C21H24FN3O3S. The van der Waals surface area contributed by atoms with E-state index in [-0.39, 0.29) is 11.3 Å². The Morgan fingerprint density at radius 3 is 2.79 bits per heavy atom. The number of aliphatic hydroxyl groups is 1. The number of nitrogens with one attached hydrogen (secondary N) is 1. The van der Waals surface area contributed by atoms with Gasteiger partial charge in [-0.25, -0.2) is 9.18 Å². The maximum Gasteiger partial charge on any atom is 0.329 e. The van der Waals surface area contributed by atoms with Crippen molar-refractivity contribution in [3.05, 3.63) is 52.8 Å². The van der Waals surface area contributed by atoms with Gasteiger partial charge in [-0.05, 0) is 68.7 Å². The number of aromatic nitrogens is 2. The van der Waals surface area contributed by atoms with Crippen LogP contribution >= 0.6 is 11.3 Å². The van der Waals surface area contributed by atoms with Crippen molar-refractivity contribution in [3.63, 3.8) is 0 Å². The molecule has 8 heteroatoms. The lowest BCUT2D eigenvalue weighted by Crippen LogP contribution is -2.58. The Bertz CT molecular complexity index is 1240. The van der Waals surface area contributed by atoms with Crippen LogP contribution in [0, 0.1) is 5.92 Å². The molecule has 0 bridgehead atoms. The summed E-state index contributed by atoms with van der Waals surface area (Å²) in [5, 5.41) is 10.9. The van der Waals surface area contributed by atoms with Gasteiger partial charge in [-0.1, -0.05) is 0 Å². The summed E-state index contributed by atoms with van der Waals surface area (Å²) in [6, 6.07) is 2.03. The number of alkyl halides is 1. The molecule has 154 valence electrons. The van der Waals surface area contributed by atoms with Crippen molar-refractivity contribution in [2.24, 2.45) is 11.7 Å². The van der Waals surface area contributed by atoms with Gasteiger partial charge in [0, 0.05) is 15.8 Å². The van der Waals surface area contributed by atoms with Crippen molar-refractivity contribution >= 4 is 22.7 Å². The lowest BCUT2D eigenvalue weighted by molar-refractivity contribution is 0.306. The normalized spacial score (nSPS) is 26.4. The highest BCUT2D eigenvalue weighted by atomic mass is 32.1. The topological polar surface area (TPSA) is 101 Å². The molecule has 2 heterocycles. The predicted molar refractivity (Wildman–Crippen MR) is 110 cm³/mol. The third-order valence-electron chi connectivity index (χ3n) is 6.55. The SMILES string of the molecule is CC1=c2c(c(=O)[nH]c(=O)n2C2CC2)=C(O)C(F)C1c1cc2c(s1)CCC(CN)C2. The molecule has 0 spiro atoms. The van der Waals surface area contributed by atoms with Crippen LogP contribution in [0.1, 0.15) is 53.5 Å². The molecule has 5 rings (SSSR count). The van der Waals surface area contributed by atoms with E-state index in [0.29, 0.717) is 23.4 Å². The van der Waals surface area contributed by atoms with Crippen molar-refractivity contribution in [3.8, 4) is 0 Å². The Morgan fingerprint density at radius 2 is 2.10 bits per heavy atom. The first kappa shape index (κ1) is 18.8. The van der Waals surface area contributed by atoms with Gasteiger partial charge < -0.3 is 10.8 Å². The van der Waals surface area contributed by atoms with Crippen molar-refractivity contribution in [2.45, 2.75) is 57.2 Å². The summed E-state index contributed by atoms with van der Waals surface area (Å²) in [5.74, 6) is -0.820. The first-order valence-electron chi connectivity index (χ1n) is 10.1. The second-order valence-electron chi connectivity index (χ2n) is 8.47. The summed E-state index contributed by atoms with van der Waals surface area (Å²) in [6.07, 6.45) is 2.83. The van der Waals surface area contributed by atoms with Gasteiger partial charge >= 0.3 is 5.69 Å². The average Bonchev–Trinajstić information content (AvgIpc) is 3.43. The number of hydrogen-bond donors (Lipinski definition) is 3. The second-order valence-corrected chi connectivity index (χ2v) is 9.64. The van der Waals surface area contributed by atoms with Crippen molar-refractivity contribution < 1.29 is 9.50 Å². The van der Waals surface area contributed by atoms with Gasteiger partial charge in [0.1, 0.15) is 11.0 Å². The predicted octanol–water partition coefficient (Wildman–Crippen LogP) is 0.969. The van der Waals surface area contributed by atoms with Crippen LogP contribution in [0.3, 0.4) is 0 Å². The number of thiophene rings is 1. The van der Waals surface area contributed by atoms with Crippen LogP contribution in [0.4, 0.5) is 4.39 Å². The summed E-state index contributed by atoms with van der Waals surface area (Å²) < 4.78 is 17.0. The zero-order chi connectivity index (χ0) is 20.4. The summed E-state index contributed by atoms with van der Waals surface area (Å²) in [6.45, 7) is 2.42. The Balaban J connectivity index is 1.74. The molecule has 1 fully saturated rings. The summed E-state index contributed by atoms with van der Waals surface area (Å²) in [4.78, 5) is 29.2. The van der Waals surface area contributed by atoms with Crippen LogP contribution in [-0.2, 0) is 12.8 Å². The molecule has 1 saturated carbocycles. The van der Waals surface area contributed by atoms with E-state index in [1.807, 2.05) is 6.07 Å². The van der Waals surface area contributed by atoms with Crippen molar-refractivity contribution in [1.82, 2.24) is 9.55 Å². The second kappa shape index (κ2) is 6.67. The van der Waals surface area contributed by atoms with E-state index in [9.17, 15) is 14.7 Å². The molecule has 0 aromatic carbocycles. The zero-order valence-corrected chi connectivity index (χ0v) is 17.0. The van der Waals surface area contributed by atoms with E-state index >= 15 is 4.39 Å². The Hall–Kier alpha value is -2.19. The molecule has 0 radical (unpaired) electrons. The molecule has 4 N–H and O–H groups in total. The van der Waals surface area contributed by atoms with Crippen molar-refractivity contribution in [2.75, 3.05) is 6.54 Å². The molecule has 2 aromatic heterocycles. The Morgan fingerprint density at radius 1 is 1.34 bits per heavy atom. The number of halogens is 1. The van der Waals surface area contributed by atoms with Gasteiger partial charge in [0.05, 0.1) is 11.3 Å².